The average Bonchev–Trinajstić information content (AvgIpc) is 3.65. The van der Waals surface area contributed by atoms with Crippen molar-refractivity contribution in [3.8, 4) is 0 Å². The molecule has 0 spiro atoms. The van der Waals surface area contributed by atoms with Crippen LogP contribution in [0.3, 0.4) is 0 Å². The molecule has 9 aliphatic carbocycles. The summed E-state index contributed by atoms with van der Waals surface area (Å²) < 4.78 is 6.02. The summed E-state index contributed by atoms with van der Waals surface area (Å²) in [5.74, 6) is 11.6. The lowest BCUT2D eigenvalue weighted by molar-refractivity contribution is -0.0739. The third-order valence-corrected chi connectivity index (χ3v) is 23.5. The van der Waals surface area contributed by atoms with Crippen molar-refractivity contribution in [1.82, 2.24) is 15.1 Å². The van der Waals surface area contributed by atoms with E-state index in [1.54, 1.807) is 12.8 Å². The highest BCUT2D eigenvalue weighted by Gasteiger charge is 2.60. The first-order valence-corrected chi connectivity index (χ1v) is 28.3. The Labute approximate surface area is 377 Å². The van der Waals surface area contributed by atoms with Crippen molar-refractivity contribution < 1.29 is 4.74 Å². The number of piperidine rings is 1. The molecule has 10 fully saturated rings. The molecule has 1 N–H and O–H groups in total. The molecule has 0 radical (unpaired) electrons. The lowest BCUT2D eigenvalue weighted by Gasteiger charge is -2.57. The molecule has 4 nitrogen and oxygen atoms in total. The first-order valence-electron chi connectivity index (χ1n) is 28.3. The molecule has 61 heavy (non-hydrogen) atoms. The molecule has 348 valence electrons. The molecule has 10 rings (SSSR count). The van der Waals surface area contributed by atoms with Gasteiger partial charge < -0.3 is 10.1 Å². The van der Waals surface area contributed by atoms with Crippen molar-refractivity contribution in [3.63, 3.8) is 0 Å². The van der Waals surface area contributed by atoms with Crippen LogP contribution in [-0.2, 0) is 4.74 Å². The van der Waals surface area contributed by atoms with Crippen LogP contribution in [-0.4, -0.2) is 71.9 Å². The second-order valence-corrected chi connectivity index (χ2v) is 26.3. The van der Waals surface area contributed by atoms with Gasteiger partial charge in [0.15, 0.2) is 0 Å². The standard InChI is InChI=1S/C57H99N3O/c1-9-37-16-25-45-47-27-20-42(34-51(47)56(4,5)49(45)32-37)59(40-18-23-44(61-8)24-19-40)41-22-29-53(36(3)31-41)60(54-15-11-13-39-14-12-30-58-55(39)54)43-21-28-48-46-26-17-38(10-2)33-50(46)57(6,7)52(48)35-43/h36-55,58H,9-35H2,1-8H3. The lowest BCUT2D eigenvalue weighted by atomic mass is 9.65. The Bertz CT molecular complexity index is 1450. The van der Waals surface area contributed by atoms with Crippen molar-refractivity contribution in [1.29, 1.82) is 0 Å². The van der Waals surface area contributed by atoms with Crippen molar-refractivity contribution in [3.05, 3.63) is 0 Å². The van der Waals surface area contributed by atoms with Gasteiger partial charge in [0.2, 0.25) is 0 Å². The zero-order valence-electron chi connectivity index (χ0n) is 41.4. The molecule has 0 aromatic rings. The number of hydrogen-bond acceptors (Lipinski definition) is 4. The van der Waals surface area contributed by atoms with Crippen molar-refractivity contribution >= 4 is 0 Å². The van der Waals surface area contributed by atoms with Crippen LogP contribution in [0.4, 0.5) is 0 Å². The van der Waals surface area contributed by atoms with Crippen LogP contribution in [0.5, 0.6) is 0 Å². The van der Waals surface area contributed by atoms with Gasteiger partial charge in [0, 0.05) is 49.4 Å². The third-order valence-electron chi connectivity index (χ3n) is 23.5. The van der Waals surface area contributed by atoms with Crippen LogP contribution in [0.1, 0.15) is 215 Å². The summed E-state index contributed by atoms with van der Waals surface area (Å²) in [5.41, 5.74) is 1.03. The highest BCUT2D eigenvalue weighted by atomic mass is 16.5. The van der Waals surface area contributed by atoms with Gasteiger partial charge in [0.05, 0.1) is 6.10 Å². The van der Waals surface area contributed by atoms with Crippen LogP contribution in [0.25, 0.3) is 0 Å². The third kappa shape index (κ3) is 8.04. The van der Waals surface area contributed by atoms with Crippen molar-refractivity contribution in [2.45, 2.75) is 264 Å². The summed E-state index contributed by atoms with van der Waals surface area (Å²) in [7, 11) is 1.98. The molecular formula is C57H99N3O. The monoisotopic (exact) mass is 842 g/mol. The van der Waals surface area contributed by atoms with E-state index < -0.39 is 0 Å². The highest BCUT2D eigenvalue weighted by Crippen LogP contribution is 2.66. The Morgan fingerprint density at radius 3 is 1.54 bits per heavy atom. The van der Waals surface area contributed by atoms with E-state index in [4.69, 9.17) is 4.74 Å². The van der Waals surface area contributed by atoms with E-state index >= 15 is 0 Å². The summed E-state index contributed by atoms with van der Waals surface area (Å²) in [5, 5.41) is 4.27. The second kappa shape index (κ2) is 18.1. The van der Waals surface area contributed by atoms with Crippen LogP contribution in [0.15, 0.2) is 0 Å². The highest BCUT2D eigenvalue weighted by molar-refractivity contribution is 5.11. The van der Waals surface area contributed by atoms with E-state index in [2.05, 4.69) is 63.6 Å². The number of rotatable bonds is 9. The number of hydrogen-bond donors (Lipinski definition) is 1. The molecule has 0 aromatic heterocycles. The van der Waals surface area contributed by atoms with Crippen LogP contribution < -0.4 is 5.32 Å². The quantitative estimate of drug-likeness (QED) is 0.250. The van der Waals surface area contributed by atoms with E-state index in [9.17, 15) is 0 Å². The molecule has 0 bridgehead atoms. The molecule has 9 saturated carbocycles. The van der Waals surface area contributed by atoms with Crippen LogP contribution in [0, 0.1) is 81.8 Å². The van der Waals surface area contributed by atoms with Gasteiger partial charge in [0.1, 0.15) is 0 Å². The average molecular weight is 842 g/mol. The van der Waals surface area contributed by atoms with Crippen molar-refractivity contribution in [2.24, 2.45) is 81.8 Å². The number of methoxy groups -OCH3 is 1. The number of ether oxygens (including phenoxy) is 1. The first-order chi connectivity index (χ1) is 29.5. The van der Waals surface area contributed by atoms with E-state index in [0.29, 0.717) is 16.9 Å². The zero-order chi connectivity index (χ0) is 42.2. The van der Waals surface area contributed by atoms with Crippen LogP contribution in [0.2, 0.25) is 0 Å². The largest absolute Gasteiger partial charge is 0.381 e. The Morgan fingerprint density at radius 1 is 0.492 bits per heavy atom. The van der Waals surface area contributed by atoms with Gasteiger partial charge in [-0.15, -0.1) is 0 Å². The summed E-state index contributed by atoms with van der Waals surface area (Å²) >= 11 is 0. The SMILES string of the molecule is CCC1CCC2C3CCC(N(C4CCC(OC)CC4)C4CCC(N(C5CCC6C7CCC(CC)CC7C(C)(C)C6C5)C5CCCC6CCCNC65)C(C)C4)CC3C(C)(C)C2C1. The predicted molar refractivity (Wildman–Crippen MR) is 255 cm³/mol. The van der Waals surface area contributed by atoms with E-state index in [1.807, 2.05) is 7.11 Å². The summed E-state index contributed by atoms with van der Waals surface area (Å²) in [6, 6.07) is 5.43. The topological polar surface area (TPSA) is 27.7 Å². The Morgan fingerprint density at radius 2 is 0.984 bits per heavy atom. The fourth-order valence-corrected chi connectivity index (χ4v) is 20.4. The van der Waals surface area contributed by atoms with E-state index in [0.717, 1.165) is 113 Å². The number of fused-ring (bicyclic) bond motifs is 7. The molecule has 1 saturated heterocycles. The van der Waals surface area contributed by atoms with Gasteiger partial charge in [-0.05, 0) is 223 Å². The van der Waals surface area contributed by atoms with Gasteiger partial charge in [-0.25, -0.2) is 0 Å². The molecule has 0 amide bonds. The zero-order valence-corrected chi connectivity index (χ0v) is 41.4. The summed E-state index contributed by atoms with van der Waals surface area (Å²) in [6.07, 6.45) is 38.5. The Hall–Kier alpha value is -0.160. The molecule has 0 aromatic carbocycles. The summed E-state index contributed by atoms with van der Waals surface area (Å²) in [6.45, 7) is 20.1. The molecule has 1 heterocycles. The number of nitrogens with zero attached hydrogens (tertiary/aromatic N) is 2. The van der Waals surface area contributed by atoms with Crippen LogP contribution >= 0.6 is 0 Å². The molecule has 1 aliphatic heterocycles. The fourth-order valence-electron chi connectivity index (χ4n) is 20.4. The first kappa shape index (κ1) is 44.7. The maximum Gasteiger partial charge on any atom is 0.0572 e. The van der Waals surface area contributed by atoms with E-state index in [1.165, 1.54) is 161 Å². The maximum absolute atomic E-state index is 6.02. The lowest BCUT2D eigenvalue weighted by Crippen LogP contribution is -2.65. The van der Waals surface area contributed by atoms with E-state index in [-0.39, 0.29) is 0 Å². The van der Waals surface area contributed by atoms with Gasteiger partial charge in [-0.1, -0.05) is 80.6 Å². The minimum atomic E-state index is 0.491. The summed E-state index contributed by atoms with van der Waals surface area (Å²) in [4.78, 5) is 6.74. The van der Waals surface area contributed by atoms with Gasteiger partial charge >= 0.3 is 0 Å². The normalized spacial score (nSPS) is 50.7. The van der Waals surface area contributed by atoms with Gasteiger partial charge in [-0.3, -0.25) is 9.80 Å². The van der Waals surface area contributed by atoms with Crippen molar-refractivity contribution in [2.75, 3.05) is 13.7 Å². The minimum absolute atomic E-state index is 0.491. The fraction of sp³-hybridized carbons (Fsp3) is 1.00. The molecule has 18 unspecified atom stereocenters. The minimum Gasteiger partial charge on any atom is -0.381 e. The number of nitrogens with one attached hydrogen (secondary N) is 1. The maximum atomic E-state index is 6.02. The molecule has 10 aliphatic rings. The Balaban J connectivity index is 0.906. The predicted octanol–water partition coefficient (Wildman–Crippen LogP) is 13.6. The Kier molecular flexibility index (Phi) is 13.3. The molecule has 18 atom stereocenters. The van der Waals surface area contributed by atoms with Gasteiger partial charge in [0.25, 0.3) is 0 Å². The molecular weight excluding hydrogens is 743 g/mol. The van der Waals surface area contributed by atoms with Gasteiger partial charge in [-0.2, -0.15) is 0 Å². The second-order valence-electron chi connectivity index (χ2n) is 26.3. The molecule has 4 heteroatoms. The smallest absolute Gasteiger partial charge is 0.0572 e.